The van der Waals surface area contributed by atoms with Crippen LogP contribution in [0.15, 0.2) is 12.4 Å². The molecule has 0 amide bonds. The maximum atomic E-state index is 8.45. The van der Waals surface area contributed by atoms with Crippen molar-refractivity contribution >= 4 is 0 Å². The van der Waals surface area contributed by atoms with E-state index in [4.69, 9.17) is 10.00 Å². The van der Waals surface area contributed by atoms with Crippen LogP contribution in [0.2, 0.25) is 0 Å². The Morgan fingerprint density at radius 1 is 1.46 bits per heavy atom. The molecule has 4 heteroatoms. The van der Waals surface area contributed by atoms with Gasteiger partial charge in [0.2, 0.25) is 5.88 Å². The number of nitriles is 1. The molecule has 0 spiro atoms. The molecule has 0 fully saturated rings. The molecule has 0 aliphatic carbocycles. The highest BCUT2D eigenvalue weighted by atomic mass is 16.5. The SMILES string of the molecule is CCCCOc1cnc(C#N)cn1. The van der Waals surface area contributed by atoms with Crippen LogP contribution in [-0.4, -0.2) is 16.6 Å². The van der Waals surface area contributed by atoms with Crippen molar-refractivity contribution in [2.45, 2.75) is 19.8 Å². The van der Waals surface area contributed by atoms with Crippen LogP contribution in [0.3, 0.4) is 0 Å². The normalized spacial score (nSPS) is 9.23. The van der Waals surface area contributed by atoms with Crippen LogP contribution in [0.25, 0.3) is 0 Å². The molecular weight excluding hydrogens is 166 g/mol. The van der Waals surface area contributed by atoms with Gasteiger partial charge in [-0.05, 0) is 6.42 Å². The van der Waals surface area contributed by atoms with Crippen molar-refractivity contribution in [1.29, 1.82) is 5.26 Å². The van der Waals surface area contributed by atoms with Gasteiger partial charge >= 0.3 is 0 Å². The summed E-state index contributed by atoms with van der Waals surface area (Å²) >= 11 is 0. The molecule has 1 heterocycles. The van der Waals surface area contributed by atoms with E-state index in [1.54, 1.807) is 0 Å². The second kappa shape index (κ2) is 5.09. The van der Waals surface area contributed by atoms with E-state index in [-0.39, 0.29) is 0 Å². The summed E-state index contributed by atoms with van der Waals surface area (Å²) in [7, 11) is 0. The van der Waals surface area contributed by atoms with Crippen LogP contribution in [0.5, 0.6) is 5.88 Å². The Kier molecular flexibility index (Phi) is 3.71. The third-order valence-electron chi connectivity index (χ3n) is 1.49. The van der Waals surface area contributed by atoms with Crippen molar-refractivity contribution in [3.63, 3.8) is 0 Å². The lowest BCUT2D eigenvalue weighted by atomic mass is 10.4. The first-order chi connectivity index (χ1) is 6.36. The van der Waals surface area contributed by atoms with E-state index >= 15 is 0 Å². The third-order valence-corrected chi connectivity index (χ3v) is 1.49. The van der Waals surface area contributed by atoms with Gasteiger partial charge in [-0.3, -0.25) is 0 Å². The summed E-state index contributed by atoms with van der Waals surface area (Å²) in [6.07, 6.45) is 4.96. The maximum absolute atomic E-state index is 8.45. The minimum absolute atomic E-state index is 0.308. The second-order valence-electron chi connectivity index (χ2n) is 2.55. The van der Waals surface area contributed by atoms with Gasteiger partial charge in [0.05, 0.1) is 19.0 Å². The van der Waals surface area contributed by atoms with Crippen LogP contribution in [-0.2, 0) is 0 Å². The van der Waals surface area contributed by atoms with Gasteiger partial charge in [0.25, 0.3) is 0 Å². The monoisotopic (exact) mass is 177 g/mol. The van der Waals surface area contributed by atoms with Gasteiger partial charge in [-0.2, -0.15) is 5.26 Å². The van der Waals surface area contributed by atoms with Crippen LogP contribution < -0.4 is 4.74 Å². The molecule has 68 valence electrons. The van der Waals surface area contributed by atoms with E-state index in [9.17, 15) is 0 Å². The number of aromatic nitrogens is 2. The van der Waals surface area contributed by atoms with Gasteiger partial charge in [0, 0.05) is 0 Å². The van der Waals surface area contributed by atoms with Crippen molar-refractivity contribution in [3.05, 3.63) is 18.1 Å². The van der Waals surface area contributed by atoms with E-state index in [0.717, 1.165) is 12.8 Å². The predicted molar refractivity (Wildman–Crippen MR) is 47.2 cm³/mol. The Balaban J connectivity index is 2.46. The second-order valence-corrected chi connectivity index (χ2v) is 2.55. The molecule has 1 aromatic heterocycles. The summed E-state index contributed by atoms with van der Waals surface area (Å²) in [5.74, 6) is 0.479. The zero-order chi connectivity index (χ0) is 9.52. The van der Waals surface area contributed by atoms with E-state index in [0.29, 0.717) is 18.2 Å². The Bertz CT molecular complexity index is 289. The maximum Gasteiger partial charge on any atom is 0.232 e. The fraction of sp³-hybridized carbons (Fsp3) is 0.444. The van der Waals surface area contributed by atoms with Crippen LogP contribution in [0, 0.1) is 11.3 Å². The van der Waals surface area contributed by atoms with E-state index in [1.807, 2.05) is 6.07 Å². The Morgan fingerprint density at radius 3 is 2.85 bits per heavy atom. The van der Waals surface area contributed by atoms with Gasteiger partial charge in [-0.15, -0.1) is 0 Å². The number of unbranched alkanes of at least 4 members (excludes halogenated alkanes) is 1. The molecule has 13 heavy (non-hydrogen) atoms. The predicted octanol–water partition coefficient (Wildman–Crippen LogP) is 1.53. The standard InChI is InChI=1S/C9H11N3O/c1-2-3-4-13-9-7-11-8(5-10)6-12-9/h6-7H,2-4H2,1H3. The van der Waals surface area contributed by atoms with Crippen molar-refractivity contribution in [2.24, 2.45) is 0 Å². The zero-order valence-electron chi connectivity index (χ0n) is 7.53. The molecule has 0 aliphatic rings. The van der Waals surface area contributed by atoms with Crippen molar-refractivity contribution in [2.75, 3.05) is 6.61 Å². The number of rotatable bonds is 4. The molecule has 0 saturated heterocycles. The molecule has 0 aliphatic heterocycles. The fourth-order valence-electron chi connectivity index (χ4n) is 0.770. The van der Waals surface area contributed by atoms with Gasteiger partial charge in [-0.1, -0.05) is 13.3 Å². The topological polar surface area (TPSA) is 58.8 Å². The van der Waals surface area contributed by atoms with Gasteiger partial charge in [0.15, 0.2) is 5.69 Å². The smallest absolute Gasteiger partial charge is 0.232 e. The first-order valence-electron chi connectivity index (χ1n) is 4.21. The largest absolute Gasteiger partial charge is 0.477 e. The Morgan fingerprint density at radius 2 is 2.31 bits per heavy atom. The van der Waals surface area contributed by atoms with E-state index < -0.39 is 0 Å². The quantitative estimate of drug-likeness (QED) is 0.654. The summed E-state index contributed by atoms with van der Waals surface area (Å²) < 4.78 is 5.26. The summed E-state index contributed by atoms with van der Waals surface area (Å²) in [4.78, 5) is 7.74. The Labute approximate surface area is 77.2 Å². The van der Waals surface area contributed by atoms with Crippen LogP contribution in [0.1, 0.15) is 25.5 Å². The summed E-state index contributed by atoms with van der Waals surface area (Å²) in [5.41, 5.74) is 0.308. The zero-order valence-corrected chi connectivity index (χ0v) is 7.53. The first-order valence-corrected chi connectivity index (χ1v) is 4.21. The highest BCUT2D eigenvalue weighted by Gasteiger charge is 1.96. The lowest BCUT2D eigenvalue weighted by molar-refractivity contribution is 0.296. The van der Waals surface area contributed by atoms with Gasteiger partial charge in [-0.25, -0.2) is 9.97 Å². The molecule has 0 saturated carbocycles. The van der Waals surface area contributed by atoms with E-state index in [1.165, 1.54) is 12.4 Å². The summed E-state index contributed by atoms with van der Waals surface area (Å²) in [6.45, 7) is 2.74. The van der Waals surface area contributed by atoms with Gasteiger partial charge in [0.1, 0.15) is 6.07 Å². The average molecular weight is 177 g/mol. The minimum atomic E-state index is 0.308. The lowest BCUT2D eigenvalue weighted by Gasteiger charge is -2.02. The lowest BCUT2D eigenvalue weighted by Crippen LogP contribution is -1.99. The molecular formula is C9H11N3O. The van der Waals surface area contributed by atoms with Crippen molar-refractivity contribution < 1.29 is 4.74 Å². The minimum Gasteiger partial charge on any atom is -0.477 e. The number of hydrogen-bond acceptors (Lipinski definition) is 4. The molecule has 4 nitrogen and oxygen atoms in total. The molecule has 0 unspecified atom stereocenters. The molecule has 0 radical (unpaired) electrons. The fourth-order valence-corrected chi connectivity index (χ4v) is 0.770. The van der Waals surface area contributed by atoms with E-state index in [2.05, 4.69) is 16.9 Å². The average Bonchev–Trinajstić information content (AvgIpc) is 2.19. The number of hydrogen-bond donors (Lipinski definition) is 0. The Hall–Kier alpha value is -1.63. The molecule has 0 N–H and O–H groups in total. The van der Waals surface area contributed by atoms with Gasteiger partial charge < -0.3 is 4.74 Å². The number of nitrogens with zero attached hydrogens (tertiary/aromatic N) is 3. The molecule has 0 bridgehead atoms. The highest BCUT2D eigenvalue weighted by molar-refractivity contribution is 5.18. The summed E-state index contributed by atoms with van der Waals surface area (Å²) in [5, 5.41) is 8.45. The van der Waals surface area contributed by atoms with Crippen molar-refractivity contribution in [3.8, 4) is 11.9 Å². The third kappa shape index (κ3) is 3.08. The molecule has 0 atom stereocenters. The highest BCUT2D eigenvalue weighted by Crippen LogP contribution is 2.03. The molecule has 1 aromatic rings. The molecule has 1 rings (SSSR count). The molecule has 0 aromatic carbocycles. The van der Waals surface area contributed by atoms with Crippen LogP contribution in [0.4, 0.5) is 0 Å². The number of ether oxygens (including phenoxy) is 1. The van der Waals surface area contributed by atoms with Crippen molar-refractivity contribution in [1.82, 2.24) is 9.97 Å². The first kappa shape index (κ1) is 9.46. The van der Waals surface area contributed by atoms with Crippen LogP contribution >= 0.6 is 0 Å². The summed E-state index contributed by atoms with van der Waals surface area (Å²) in [6, 6.07) is 1.89.